The summed E-state index contributed by atoms with van der Waals surface area (Å²) in [6.07, 6.45) is -1.01. The summed E-state index contributed by atoms with van der Waals surface area (Å²) in [5.41, 5.74) is 0.819. The molecule has 28 heavy (non-hydrogen) atoms. The number of carbonyl (C=O) groups excluding carboxylic acids is 3. The van der Waals surface area contributed by atoms with Gasteiger partial charge in [-0.05, 0) is 37.3 Å². The Labute approximate surface area is 173 Å². The average molecular weight is 421 g/mol. The Hall–Kier alpha value is -2.51. The van der Waals surface area contributed by atoms with Crippen LogP contribution in [-0.4, -0.2) is 48.6 Å². The van der Waals surface area contributed by atoms with E-state index in [9.17, 15) is 14.4 Å². The molecule has 0 aromatic heterocycles. The van der Waals surface area contributed by atoms with E-state index in [4.69, 9.17) is 16.3 Å². The molecule has 0 saturated heterocycles. The number of carbonyl (C=O) groups is 3. The van der Waals surface area contributed by atoms with Crippen molar-refractivity contribution in [2.24, 2.45) is 0 Å². The minimum atomic E-state index is -1.01. The van der Waals surface area contributed by atoms with E-state index in [-0.39, 0.29) is 11.7 Å². The molecule has 0 radical (unpaired) electrons. The number of nitrogens with one attached hydrogen (secondary N) is 1. The number of amides is 2. The van der Waals surface area contributed by atoms with E-state index in [0.717, 1.165) is 0 Å². The Bertz CT molecular complexity index is 873. The topological polar surface area (TPSA) is 75.7 Å². The number of hydrogen-bond donors (Lipinski definition) is 1. The Kier molecular flexibility index (Phi) is 7.90. The molecule has 0 aliphatic heterocycles. The lowest BCUT2D eigenvalue weighted by Gasteiger charge is -2.15. The molecule has 148 valence electrons. The predicted molar refractivity (Wildman–Crippen MR) is 111 cm³/mol. The van der Waals surface area contributed by atoms with Crippen molar-refractivity contribution in [2.45, 2.75) is 17.9 Å². The van der Waals surface area contributed by atoms with Crippen LogP contribution in [0.4, 0.5) is 5.69 Å². The summed E-state index contributed by atoms with van der Waals surface area (Å²) in [5.74, 6) is -0.970. The summed E-state index contributed by atoms with van der Waals surface area (Å²) < 4.78 is 5.30. The molecule has 0 aliphatic rings. The van der Waals surface area contributed by atoms with Gasteiger partial charge in [0, 0.05) is 29.7 Å². The van der Waals surface area contributed by atoms with Crippen LogP contribution in [0.1, 0.15) is 17.3 Å². The lowest BCUT2D eigenvalue weighted by atomic mass is 10.2. The van der Waals surface area contributed by atoms with Gasteiger partial charge in [0.2, 0.25) is 5.91 Å². The second kappa shape index (κ2) is 10.1. The molecule has 0 spiro atoms. The number of thioether (sulfide) groups is 1. The van der Waals surface area contributed by atoms with Crippen LogP contribution in [-0.2, 0) is 14.3 Å². The van der Waals surface area contributed by atoms with Gasteiger partial charge in [-0.2, -0.15) is 0 Å². The number of esters is 1. The number of nitrogens with zero attached hydrogens (tertiary/aromatic N) is 1. The zero-order valence-corrected chi connectivity index (χ0v) is 17.3. The average Bonchev–Trinajstić information content (AvgIpc) is 2.66. The van der Waals surface area contributed by atoms with E-state index in [2.05, 4.69) is 5.32 Å². The fourth-order valence-electron chi connectivity index (χ4n) is 2.12. The van der Waals surface area contributed by atoms with Crippen molar-refractivity contribution in [3.05, 3.63) is 59.1 Å². The smallest absolute Gasteiger partial charge is 0.340 e. The first kappa shape index (κ1) is 21.8. The predicted octanol–water partition coefficient (Wildman–Crippen LogP) is 3.70. The van der Waals surface area contributed by atoms with Crippen molar-refractivity contribution in [2.75, 3.05) is 25.2 Å². The van der Waals surface area contributed by atoms with Crippen LogP contribution in [0.15, 0.2) is 53.4 Å². The van der Waals surface area contributed by atoms with Gasteiger partial charge in [0.15, 0.2) is 6.10 Å². The van der Waals surface area contributed by atoms with Gasteiger partial charge in [-0.25, -0.2) is 4.79 Å². The number of halogens is 1. The highest BCUT2D eigenvalue weighted by Gasteiger charge is 2.21. The summed E-state index contributed by atoms with van der Waals surface area (Å²) in [7, 11) is 3.34. The van der Waals surface area contributed by atoms with Crippen LogP contribution >= 0.6 is 23.4 Å². The molecule has 0 heterocycles. The molecule has 2 rings (SSSR count). The normalized spacial score (nSPS) is 11.4. The molecule has 2 amide bonds. The van der Waals surface area contributed by atoms with Crippen molar-refractivity contribution >= 4 is 46.8 Å². The van der Waals surface area contributed by atoms with Gasteiger partial charge in [-0.15, -0.1) is 11.8 Å². The maximum atomic E-state index is 12.5. The maximum Gasteiger partial charge on any atom is 0.340 e. The molecule has 1 N–H and O–H groups in total. The van der Waals surface area contributed by atoms with Gasteiger partial charge >= 0.3 is 5.97 Å². The monoisotopic (exact) mass is 420 g/mol. The minimum absolute atomic E-state index is 0.0672. The molecule has 0 aliphatic carbocycles. The van der Waals surface area contributed by atoms with Crippen LogP contribution in [0.2, 0.25) is 5.02 Å². The highest BCUT2D eigenvalue weighted by molar-refractivity contribution is 8.00. The molecule has 0 fully saturated rings. The third kappa shape index (κ3) is 6.28. The molecule has 8 heteroatoms. The zero-order valence-electron chi connectivity index (χ0n) is 15.8. The Morgan fingerprint density at radius 2 is 1.86 bits per heavy atom. The van der Waals surface area contributed by atoms with Gasteiger partial charge < -0.3 is 15.0 Å². The van der Waals surface area contributed by atoms with Crippen molar-refractivity contribution in [3.63, 3.8) is 0 Å². The molecular formula is C20H21ClN2O4S. The Balaban J connectivity index is 2.01. The first-order chi connectivity index (χ1) is 13.3. The molecule has 0 saturated carbocycles. The maximum absolute atomic E-state index is 12.5. The fraction of sp³-hybridized carbons (Fsp3) is 0.250. The zero-order chi connectivity index (χ0) is 20.7. The van der Waals surface area contributed by atoms with E-state index in [0.29, 0.717) is 21.2 Å². The molecular weight excluding hydrogens is 400 g/mol. The molecule has 0 bridgehead atoms. The molecule has 2 aromatic carbocycles. The standard InChI is InChI=1S/C20H21ClN2O4S/c1-13(19(25)22-15-8-6-7-14(21)11-15)27-20(26)16-9-4-5-10-17(16)28-12-18(24)23(2)3/h4-11,13H,12H2,1-3H3,(H,22,25)/t13-/m1/s1. The van der Waals surface area contributed by atoms with Crippen molar-refractivity contribution in [1.82, 2.24) is 4.90 Å². The minimum Gasteiger partial charge on any atom is -0.449 e. The second-order valence-corrected chi connectivity index (χ2v) is 7.57. The number of benzene rings is 2. The van der Waals surface area contributed by atoms with Crippen molar-refractivity contribution in [1.29, 1.82) is 0 Å². The molecule has 1 atom stereocenters. The van der Waals surface area contributed by atoms with Gasteiger partial charge in [0.1, 0.15) is 0 Å². The second-order valence-electron chi connectivity index (χ2n) is 6.12. The van der Waals surface area contributed by atoms with Crippen molar-refractivity contribution in [3.8, 4) is 0 Å². The molecule has 6 nitrogen and oxygen atoms in total. The van der Waals surface area contributed by atoms with Crippen molar-refractivity contribution < 1.29 is 19.1 Å². The molecule has 0 unspecified atom stereocenters. The van der Waals surface area contributed by atoms with Gasteiger partial charge in [0.25, 0.3) is 5.91 Å². The van der Waals surface area contributed by atoms with E-state index < -0.39 is 18.0 Å². The summed E-state index contributed by atoms with van der Waals surface area (Å²) >= 11 is 7.14. The van der Waals surface area contributed by atoms with Crippen LogP contribution < -0.4 is 5.32 Å². The lowest BCUT2D eigenvalue weighted by Crippen LogP contribution is -2.30. The summed E-state index contributed by atoms with van der Waals surface area (Å²) in [6.45, 7) is 1.49. The van der Waals surface area contributed by atoms with Gasteiger partial charge in [-0.1, -0.05) is 29.8 Å². The van der Waals surface area contributed by atoms with E-state index in [1.807, 2.05) is 0 Å². The van der Waals surface area contributed by atoms with Crippen LogP contribution in [0, 0.1) is 0 Å². The first-order valence-electron chi connectivity index (χ1n) is 8.47. The van der Waals surface area contributed by atoms with Gasteiger partial charge in [0.05, 0.1) is 11.3 Å². The Morgan fingerprint density at radius 3 is 2.54 bits per heavy atom. The van der Waals surface area contributed by atoms with Crippen LogP contribution in [0.3, 0.4) is 0 Å². The lowest BCUT2D eigenvalue weighted by molar-refractivity contribution is -0.126. The summed E-state index contributed by atoms with van der Waals surface area (Å²) in [6, 6.07) is 13.5. The number of ether oxygens (including phenoxy) is 1. The summed E-state index contributed by atoms with van der Waals surface area (Å²) in [5, 5.41) is 3.14. The first-order valence-corrected chi connectivity index (χ1v) is 9.83. The molecule has 2 aromatic rings. The SMILES string of the molecule is C[C@@H](OC(=O)c1ccccc1SCC(=O)N(C)C)C(=O)Nc1cccc(Cl)c1. The van der Waals surface area contributed by atoms with Gasteiger partial charge in [-0.3, -0.25) is 9.59 Å². The van der Waals surface area contributed by atoms with Crippen LogP contribution in [0.5, 0.6) is 0 Å². The fourth-order valence-corrected chi connectivity index (χ4v) is 3.33. The van der Waals surface area contributed by atoms with Crippen LogP contribution in [0.25, 0.3) is 0 Å². The van der Waals surface area contributed by atoms with E-state index >= 15 is 0 Å². The third-order valence-corrected chi connectivity index (χ3v) is 5.00. The number of rotatable bonds is 7. The largest absolute Gasteiger partial charge is 0.449 e. The quantitative estimate of drug-likeness (QED) is 0.546. The highest BCUT2D eigenvalue weighted by atomic mass is 35.5. The highest BCUT2D eigenvalue weighted by Crippen LogP contribution is 2.24. The third-order valence-electron chi connectivity index (χ3n) is 3.70. The Morgan fingerprint density at radius 1 is 1.14 bits per heavy atom. The van der Waals surface area contributed by atoms with E-state index in [1.165, 1.54) is 23.6 Å². The summed E-state index contributed by atoms with van der Waals surface area (Å²) in [4.78, 5) is 38.7. The number of anilines is 1. The van der Waals surface area contributed by atoms with E-state index in [1.54, 1.807) is 62.6 Å². The number of hydrogen-bond acceptors (Lipinski definition) is 5.